The van der Waals surface area contributed by atoms with Crippen LogP contribution in [0.3, 0.4) is 0 Å². The van der Waals surface area contributed by atoms with Crippen LogP contribution in [0.2, 0.25) is 0 Å². The highest BCUT2D eigenvalue weighted by molar-refractivity contribution is 7.25. The highest BCUT2D eigenvalue weighted by Gasteiger charge is 2.09. The summed E-state index contributed by atoms with van der Waals surface area (Å²) in [5.74, 6) is 0. The van der Waals surface area contributed by atoms with E-state index >= 15 is 0 Å². The van der Waals surface area contributed by atoms with Gasteiger partial charge in [-0.1, -0.05) is 121 Å². The van der Waals surface area contributed by atoms with Gasteiger partial charge in [0.05, 0.1) is 0 Å². The summed E-state index contributed by atoms with van der Waals surface area (Å²) in [5, 5.41) is 2.66. The van der Waals surface area contributed by atoms with Crippen LogP contribution < -0.4 is 5.73 Å². The van der Waals surface area contributed by atoms with Crippen molar-refractivity contribution >= 4 is 37.2 Å². The summed E-state index contributed by atoms with van der Waals surface area (Å²) in [7, 11) is 0. The molecule has 0 aliphatic carbocycles. The van der Waals surface area contributed by atoms with Gasteiger partial charge in [0.25, 0.3) is 0 Å². The molecule has 0 bridgehead atoms. The molecule has 0 unspecified atom stereocenters. The molecule has 7 aromatic rings. The standard InChI is InChI=1S/C39H29NS/c40-37(22-16-27-15-21-36-35-13-7-8-14-38(35)41-39(36)23-27)31-19-17-30(18-20-31)34-25-32(28-9-3-1-4-10-28)24-33(26-34)29-11-5-2-6-12-29/h1-15,17-26H,16,40H2/b37-22-. The van der Waals surface area contributed by atoms with Crippen molar-refractivity contribution in [2.75, 3.05) is 0 Å². The van der Waals surface area contributed by atoms with Gasteiger partial charge in [-0.15, -0.1) is 11.3 Å². The SMILES string of the molecule is N/C(=C\Cc1ccc2c(c1)sc1ccccc12)c1ccc(-c2cc(-c3ccccc3)cc(-c3ccccc3)c2)cc1. The van der Waals surface area contributed by atoms with E-state index in [1.807, 2.05) is 11.3 Å². The van der Waals surface area contributed by atoms with E-state index in [0.29, 0.717) is 0 Å². The lowest BCUT2D eigenvalue weighted by Gasteiger charge is -2.12. The minimum atomic E-state index is 0.802. The van der Waals surface area contributed by atoms with Crippen LogP contribution in [0, 0.1) is 0 Å². The number of allylic oxidation sites excluding steroid dienone is 1. The molecule has 1 nitrogen and oxygen atoms in total. The Morgan fingerprint density at radius 2 is 1.02 bits per heavy atom. The Balaban J connectivity index is 1.16. The van der Waals surface area contributed by atoms with Gasteiger partial charge in [-0.3, -0.25) is 0 Å². The van der Waals surface area contributed by atoms with Gasteiger partial charge < -0.3 is 5.73 Å². The molecule has 0 amide bonds. The first-order valence-electron chi connectivity index (χ1n) is 13.9. The first kappa shape index (κ1) is 25.1. The van der Waals surface area contributed by atoms with E-state index in [1.54, 1.807) is 0 Å². The van der Waals surface area contributed by atoms with Crippen molar-refractivity contribution < 1.29 is 0 Å². The maximum Gasteiger partial charge on any atom is 0.0358 e. The van der Waals surface area contributed by atoms with E-state index in [4.69, 9.17) is 5.73 Å². The van der Waals surface area contributed by atoms with Crippen molar-refractivity contribution in [2.24, 2.45) is 5.73 Å². The smallest absolute Gasteiger partial charge is 0.0358 e. The third kappa shape index (κ3) is 5.18. The summed E-state index contributed by atoms with van der Waals surface area (Å²) in [4.78, 5) is 0. The molecule has 1 heterocycles. The van der Waals surface area contributed by atoms with Gasteiger partial charge >= 0.3 is 0 Å². The Morgan fingerprint density at radius 1 is 0.488 bits per heavy atom. The van der Waals surface area contributed by atoms with Crippen LogP contribution in [0.4, 0.5) is 0 Å². The van der Waals surface area contributed by atoms with Crippen LogP contribution in [-0.2, 0) is 6.42 Å². The van der Waals surface area contributed by atoms with Crippen LogP contribution in [0.1, 0.15) is 11.1 Å². The second-order valence-electron chi connectivity index (χ2n) is 10.4. The van der Waals surface area contributed by atoms with Crippen LogP contribution in [0.25, 0.3) is 59.3 Å². The van der Waals surface area contributed by atoms with Crippen molar-refractivity contribution in [1.29, 1.82) is 0 Å². The molecular formula is C39H29NS. The number of rotatable bonds is 6. The van der Waals surface area contributed by atoms with Gasteiger partial charge in [0.2, 0.25) is 0 Å². The summed E-state index contributed by atoms with van der Waals surface area (Å²) in [6.07, 6.45) is 2.93. The van der Waals surface area contributed by atoms with E-state index in [2.05, 4.69) is 152 Å². The maximum atomic E-state index is 6.57. The molecule has 2 heteroatoms. The van der Waals surface area contributed by atoms with Crippen molar-refractivity contribution in [3.63, 3.8) is 0 Å². The predicted octanol–water partition coefficient (Wildman–Crippen LogP) is 10.6. The minimum absolute atomic E-state index is 0.802. The van der Waals surface area contributed by atoms with Crippen LogP contribution in [-0.4, -0.2) is 0 Å². The molecule has 41 heavy (non-hydrogen) atoms. The fourth-order valence-electron chi connectivity index (χ4n) is 5.49. The minimum Gasteiger partial charge on any atom is -0.398 e. The second kappa shape index (κ2) is 10.9. The molecule has 0 aliphatic heterocycles. The highest BCUT2D eigenvalue weighted by atomic mass is 32.1. The number of benzene rings is 6. The first-order chi connectivity index (χ1) is 20.2. The molecule has 1 aromatic heterocycles. The Hall–Kier alpha value is -4.92. The zero-order valence-electron chi connectivity index (χ0n) is 22.6. The van der Waals surface area contributed by atoms with E-state index < -0.39 is 0 Å². The monoisotopic (exact) mass is 543 g/mol. The number of hydrogen-bond acceptors (Lipinski definition) is 2. The maximum absolute atomic E-state index is 6.57. The lowest BCUT2D eigenvalue weighted by atomic mass is 9.93. The first-order valence-corrected chi connectivity index (χ1v) is 14.8. The van der Waals surface area contributed by atoms with E-state index in [0.717, 1.165) is 17.7 Å². The fourth-order valence-corrected chi connectivity index (χ4v) is 6.66. The Morgan fingerprint density at radius 3 is 1.66 bits per heavy atom. The topological polar surface area (TPSA) is 26.0 Å². The van der Waals surface area contributed by atoms with Gasteiger partial charge in [-0.05, 0) is 81.3 Å². The molecule has 0 atom stereocenters. The fraction of sp³-hybridized carbons (Fsp3) is 0.0256. The molecule has 196 valence electrons. The average molecular weight is 544 g/mol. The molecule has 0 aliphatic rings. The number of nitrogens with two attached hydrogens (primary N) is 1. The number of hydrogen-bond donors (Lipinski definition) is 1. The quantitative estimate of drug-likeness (QED) is 0.222. The Kier molecular flexibility index (Phi) is 6.68. The molecule has 6 aromatic carbocycles. The third-order valence-electron chi connectivity index (χ3n) is 7.70. The number of fused-ring (bicyclic) bond motifs is 3. The summed E-state index contributed by atoms with van der Waals surface area (Å²) in [5.41, 5.74) is 16.9. The summed E-state index contributed by atoms with van der Waals surface area (Å²) in [6.45, 7) is 0. The third-order valence-corrected chi connectivity index (χ3v) is 8.83. The predicted molar refractivity (Wildman–Crippen MR) is 178 cm³/mol. The molecule has 0 saturated heterocycles. The molecule has 0 spiro atoms. The molecule has 0 radical (unpaired) electrons. The van der Waals surface area contributed by atoms with Crippen LogP contribution in [0.15, 0.2) is 152 Å². The second-order valence-corrected chi connectivity index (χ2v) is 11.5. The van der Waals surface area contributed by atoms with Gasteiger partial charge in [0.15, 0.2) is 0 Å². The highest BCUT2D eigenvalue weighted by Crippen LogP contribution is 2.35. The van der Waals surface area contributed by atoms with Crippen molar-refractivity contribution in [3.05, 3.63) is 163 Å². The average Bonchev–Trinajstić information content (AvgIpc) is 3.42. The molecule has 2 N–H and O–H groups in total. The van der Waals surface area contributed by atoms with Crippen molar-refractivity contribution in [1.82, 2.24) is 0 Å². The van der Waals surface area contributed by atoms with Crippen LogP contribution >= 0.6 is 11.3 Å². The Bertz CT molecular complexity index is 1940. The summed E-state index contributed by atoms with van der Waals surface area (Å²) in [6, 6.07) is 52.0. The van der Waals surface area contributed by atoms with Crippen molar-refractivity contribution in [3.8, 4) is 33.4 Å². The van der Waals surface area contributed by atoms with Gasteiger partial charge in [-0.25, -0.2) is 0 Å². The van der Waals surface area contributed by atoms with Gasteiger partial charge in [-0.2, -0.15) is 0 Å². The van der Waals surface area contributed by atoms with Gasteiger partial charge in [0.1, 0.15) is 0 Å². The van der Waals surface area contributed by atoms with Crippen molar-refractivity contribution in [2.45, 2.75) is 6.42 Å². The lowest BCUT2D eigenvalue weighted by Crippen LogP contribution is -1.97. The molecule has 0 saturated carbocycles. The zero-order chi connectivity index (χ0) is 27.6. The molecular weight excluding hydrogens is 515 g/mol. The van der Waals surface area contributed by atoms with Crippen LogP contribution in [0.5, 0.6) is 0 Å². The molecule has 0 fully saturated rings. The van der Waals surface area contributed by atoms with E-state index in [9.17, 15) is 0 Å². The Labute approximate surface area is 244 Å². The normalized spacial score (nSPS) is 11.8. The largest absolute Gasteiger partial charge is 0.398 e. The van der Waals surface area contributed by atoms with Gasteiger partial charge in [0, 0.05) is 25.9 Å². The van der Waals surface area contributed by atoms with E-state index in [-0.39, 0.29) is 0 Å². The zero-order valence-corrected chi connectivity index (χ0v) is 23.4. The number of thiophene rings is 1. The lowest BCUT2D eigenvalue weighted by molar-refractivity contribution is 1.27. The van der Waals surface area contributed by atoms with E-state index in [1.165, 1.54) is 59.1 Å². The molecule has 7 rings (SSSR count). The summed E-state index contributed by atoms with van der Waals surface area (Å²) >= 11 is 1.85. The summed E-state index contributed by atoms with van der Waals surface area (Å²) < 4.78 is 2.66.